The van der Waals surface area contributed by atoms with Gasteiger partial charge in [-0.1, -0.05) is 23.7 Å². The molecule has 0 aliphatic carbocycles. The number of amides is 1. The van der Waals surface area contributed by atoms with Gasteiger partial charge in [0.05, 0.1) is 0 Å². The SMILES string of the molecule is O=C(NNC(=S)Nc1cccc(Cl)c1)c1cccc(OC(F)(F)C(F)F)c1. The van der Waals surface area contributed by atoms with Gasteiger partial charge in [-0.3, -0.25) is 15.6 Å². The number of anilines is 1. The predicted octanol–water partition coefficient (Wildman–Crippen LogP) is 4.21. The number of halogens is 5. The third kappa shape index (κ3) is 6.26. The van der Waals surface area contributed by atoms with Gasteiger partial charge in [0.2, 0.25) is 0 Å². The zero-order chi connectivity index (χ0) is 20.0. The highest BCUT2D eigenvalue weighted by Gasteiger charge is 2.44. The number of thiocarbonyl (C=S) groups is 1. The average molecular weight is 422 g/mol. The van der Waals surface area contributed by atoms with E-state index in [9.17, 15) is 22.4 Å². The lowest BCUT2D eigenvalue weighted by Crippen LogP contribution is -2.43. The van der Waals surface area contributed by atoms with Crippen LogP contribution in [0, 0.1) is 0 Å². The normalized spacial score (nSPS) is 11.0. The summed E-state index contributed by atoms with van der Waals surface area (Å²) in [6.45, 7) is 0. The summed E-state index contributed by atoms with van der Waals surface area (Å²) in [6, 6.07) is 11.0. The van der Waals surface area contributed by atoms with Crippen molar-refractivity contribution in [3.63, 3.8) is 0 Å². The van der Waals surface area contributed by atoms with Gasteiger partial charge in [-0.25, -0.2) is 0 Å². The second-order valence-corrected chi connectivity index (χ2v) is 5.88. The maximum absolute atomic E-state index is 12.9. The van der Waals surface area contributed by atoms with E-state index in [2.05, 4.69) is 20.9 Å². The number of nitrogens with one attached hydrogen (secondary N) is 3. The van der Waals surface area contributed by atoms with Gasteiger partial charge in [-0.15, -0.1) is 0 Å². The quantitative estimate of drug-likeness (QED) is 0.383. The summed E-state index contributed by atoms with van der Waals surface area (Å²) >= 11 is 10.8. The number of alkyl halides is 4. The Hall–Kier alpha value is -2.59. The molecule has 0 fully saturated rings. The van der Waals surface area contributed by atoms with E-state index in [-0.39, 0.29) is 10.7 Å². The second kappa shape index (κ2) is 8.87. The molecule has 1 amide bonds. The number of hydrogen-bond acceptors (Lipinski definition) is 3. The number of hydrogen-bond donors (Lipinski definition) is 3. The Kier molecular flexibility index (Phi) is 6.81. The largest absolute Gasteiger partial charge is 0.461 e. The summed E-state index contributed by atoms with van der Waals surface area (Å²) in [7, 11) is 0. The number of benzene rings is 2. The topological polar surface area (TPSA) is 62.4 Å². The fraction of sp³-hybridized carbons (Fsp3) is 0.125. The Morgan fingerprint density at radius 1 is 1.11 bits per heavy atom. The first-order valence-corrected chi connectivity index (χ1v) is 8.04. The smallest absolute Gasteiger partial charge is 0.428 e. The Bertz CT molecular complexity index is 839. The Morgan fingerprint density at radius 3 is 2.48 bits per heavy atom. The molecule has 11 heteroatoms. The Labute approximate surface area is 161 Å². The molecule has 2 aromatic carbocycles. The summed E-state index contributed by atoms with van der Waals surface area (Å²) < 4.78 is 54.2. The van der Waals surface area contributed by atoms with Gasteiger partial charge in [0, 0.05) is 16.3 Å². The fourth-order valence-corrected chi connectivity index (χ4v) is 2.18. The number of hydrazine groups is 1. The molecule has 0 aromatic heterocycles. The lowest BCUT2D eigenvalue weighted by Gasteiger charge is -2.17. The monoisotopic (exact) mass is 421 g/mol. The average Bonchev–Trinajstić information content (AvgIpc) is 2.59. The summed E-state index contributed by atoms with van der Waals surface area (Å²) in [5.41, 5.74) is 5.09. The molecule has 0 aliphatic rings. The molecule has 3 N–H and O–H groups in total. The van der Waals surface area contributed by atoms with Crippen LogP contribution in [-0.2, 0) is 0 Å². The van der Waals surface area contributed by atoms with Gasteiger partial charge in [0.25, 0.3) is 5.91 Å². The minimum Gasteiger partial charge on any atom is -0.428 e. The van der Waals surface area contributed by atoms with Crippen molar-refractivity contribution < 1.29 is 27.1 Å². The molecule has 0 spiro atoms. The molecule has 0 saturated heterocycles. The van der Waals surface area contributed by atoms with Crippen LogP contribution >= 0.6 is 23.8 Å². The van der Waals surface area contributed by atoms with Crippen LogP contribution in [-0.4, -0.2) is 23.6 Å². The summed E-state index contributed by atoms with van der Waals surface area (Å²) in [4.78, 5) is 12.0. The van der Waals surface area contributed by atoms with Gasteiger partial charge in [-0.2, -0.15) is 17.6 Å². The van der Waals surface area contributed by atoms with Crippen molar-refractivity contribution in [3.8, 4) is 5.75 Å². The first kappa shape index (κ1) is 20.7. The van der Waals surface area contributed by atoms with Crippen LogP contribution in [0.4, 0.5) is 23.2 Å². The Balaban J connectivity index is 1.94. The van der Waals surface area contributed by atoms with Gasteiger partial charge < -0.3 is 10.1 Å². The van der Waals surface area contributed by atoms with E-state index in [0.717, 1.165) is 12.1 Å². The van der Waals surface area contributed by atoms with Crippen LogP contribution < -0.4 is 20.9 Å². The molecule has 144 valence electrons. The summed E-state index contributed by atoms with van der Waals surface area (Å²) in [5.74, 6) is -1.34. The molecule has 2 aromatic rings. The zero-order valence-corrected chi connectivity index (χ0v) is 14.9. The minimum atomic E-state index is -4.67. The molecule has 2 rings (SSSR count). The molecule has 0 saturated carbocycles. The third-order valence-electron chi connectivity index (χ3n) is 2.98. The molecule has 0 radical (unpaired) electrons. The highest BCUT2D eigenvalue weighted by atomic mass is 35.5. The lowest BCUT2D eigenvalue weighted by atomic mass is 10.2. The van der Waals surface area contributed by atoms with E-state index in [1.807, 2.05) is 0 Å². The number of ether oxygens (including phenoxy) is 1. The first-order chi connectivity index (χ1) is 12.7. The maximum atomic E-state index is 12.9. The number of rotatable bonds is 5. The van der Waals surface area contributed by atoms with Crippen LogP contribution in [0.5, 0.6) is 5.75 Å². The fourth-order valence-electron chi connectivity index (χ4n) is 1.82. The van der Waals surface area contributed by atoms with E-state index >= 15 is 0 Å². The van der Waals surface area contributed by atoms with Crippen LogP contribution in [0.2, 0.25) is 5.02 Å². The van der Waals surface area contributed by atoms with Crippen molar-refractivity contribution >= 4 is 40.5 Å². The standard InChI is InChI=1S/C16H12ClF4N3O2S/c17-10-4-2-5-11(8-10)22-15(27)24-23-13(25)9-3-1-6-12(7-9)26-16(20,21)14(18)19/h1-8,14H,(H,23,25)(H2,22,24,27). The zero-order valence-electron chi connectivity index (χ0n) is 13.3. The van der Waals surface area contributed by atoms with Crippen LogP contribution in [0.1, 0.15) is 10.4 Å². The van der Waals surface area contributed by atoms with E-state index in [1.165, 1.54) is 12.1 Å². The predicted molar refractivity (Wildman–Crippen MR) is 96.3 cm³/mol. The van der Waals surface area contributed by atoms with Crippen molar-refractivity contribution in [3.05, 3.63) is 59.1 Å². The van der Waals surface area contributed by atoms with Gasteiger partial charge >= 0.3 is 12.5 Å². The van der Waals surface area contributed by atoms with E-state index < -0.39 is 24.2 Å². The maximum Gasteiger partial charge on any atom is 0.461 e. The van der Waals surface area contributed by atoms with Gasteiger partial charge in [0.15, 0.2) is 5.11 Å². The van der Waals surface area contributed by atoms with Crippen molar-refractivity contribution in [2.24, 2.45) is 0 Å². The van der Waals surface area contributed by atoms with Gasteiger partial charge in [0.1, 0.15) is 5.75 Å². The molecule has 5 nitrogen and oxygen atoms in total. The molecule has 0 bridgehead atoms. The highest BCUT2D eigenvalue weighted by Crippen LogP contribution is 2.27. The Morgan fingerprint density at radius 2 is 1.81 bits per heavy atom. The number of carbonyl (C=O) groups excluding carboxylic acids is 1. The van der Waals surface area contributed by atoms with Crippen molar-refractivity contribution in [2.45, 2.75) is 12.5 Å². The van der Waals surface area contributed by atoms with E-state index in [0.29, 0.717) is 10.7 Å². The van der Waals surface area contributed by atoms with E-state index in [1.54, 1.807) is 24.3 Å². The third-order valence-corrected chi connectivity index (χ3v) is 3.42. The van der Waals surface area contributed by atoms with E-state index in [4.69, 9.17) is 23.8 Å². The molecule has 0 unspecified atom stereocenters. The molecular formula is C16H12ClF4N3O2S. The molecule has 0 atom stereocenters. The lowest BCUT2D eigenvalue weighted by molar-refractivity contribution is -0.253. The molecule has 0 aliphatic heterocycles. The van der Waals surface area contributed by atoms with Gasteiger partial charge in [-0.05, 0) is 48.6 Å². The van der Waals surface area contributed by atoms with Crippen molar-refractivity contribution in [1.82, 2.24) is 10.9 Å². The molecule has 0 heterocycles. The van der Waals surface area contributed by atoms with Crippen LogP contribution in [0.25, 0.3) is 0 Å². The number of carbonyl (C=O) groups is 1. The van der Waals surface area contributed by atoms with Crippen LogP contribution in [0.3, 0.4) is 0 Å². The highest BCUT2D eigenvalue weighted by molar-refractivity contribution is 7.80. The van der Waals surface area contributed by atoms with Crippen molar-refractivity contribution in [1.29, 1.82) is 0 Å². The second-order valence-electron chi connectivity index (χ2n) is 5.04. The first-order valence-electron chi connectivity index (χ1n) is 7.25. The van der Waals surface area contributed by atoms with Crippen LogP contribution in [0.15, 0.2) is 48.5 Å². The molecule has 27 heavy (non-hydrogen) atoms. The van der Waals surface area contributed by atoms with Crippen molar-refractivity contribution in [2.75, 3.05) is 5.32 Å². The minimum absolute atomic E-state index is 0.0299. The molecular weight excluding hydrogens is 410 g/mol. The summed E-state index contributed by atoms with van der Waals surface area (Å²) in [5, 5.41) is 3.26. The summed E-state index contributed by atoms with van der Waals surface area (Å²) in [6.07, 6.45) is -8.68.